The molecule has 0 unspecified atom stereocenters. The normalized spacial score (nSPS) is 11.4. The Labute approximate surface area is 121 Å². The lowest BCUT2D eigenvalue weighted by molar-refractivity contribution is 0.541. The third-order valence-corrected chi connectivity index (χ3v) is 4.12. The molecule has 21 heavy (non-hydrogen) atoms. The molecule has 2 heterocycles. The molecule has 1 radical (unpaired) electrons. The second kappa shape index (κ2) is 4.98. The molecule has 0 aliphatic carbocycles. The van der Waals surface area contributed by atoms with Gasteiger partial charge in [-0.05, 0) is 35.7 Å². The molecule has 2 N–H and O–H groups in total. The molecule has 0 aliphatic rings. The lowest BCUT2D eigenvalue weighted by Crippen LogP contribution is -2.42. The maximum absolute atomic E-state index is 12.2. The van der Waals surface area contributed by atoms with Crippen molar-refractivity contribution < 1.29 is 13.2 Å². The number of benzene rings is 1. The number of nitrogens with zero attached hydrogens (tertiary/aromatic N) is 2. The number of hydrogen-bond acceptors (Lipinski definition) is 3. The summed E-state index contributed by atoms with van der Waals surface area (Å²) in [7, 11) is -4.09. The van der Waals surface area contributed by atoms with Crippen molar-refractivity contribution >= 4 is 33.2 Å². The number of hydrogen-bond donors (Lipinski definition) is 2. The molecule has 2 aromatic heterocycles. The minimum atomic E-state index is -4.09. The first kappa shape index (κ1) is 13.3. The molecular weight excluding hydrogens is 292 g/mol. The molecule has 1 amide bonds. The van der Waals surface area contributed by atoms with Crippen LogP contribution < -0.4 is 9.14 Å². The van der Waals surface area contributed by atoms with Gasteiger partial charge in [0.2, 0.25) is 0 Å². The van der Waals surface area contributed by atoms with Crippen LogP contribution in [0.15, 0.2) is 55.0 Å². The van der Waals surface area contributed by atoms with Crippen molar-refractivity contribution in [1.29, 1.82) is 0 Å². The number of amides is 1. The van der Waals surface area contributed by atoms with E-state index in [1.165, 1.54) is 18.8 Å². The Kier molecular flexibility index (Phi) is 3.15. The lowest BCUT2D eigenvalue weighted by atomic mass is 10.2. The fraction of sp³-hybridized carbons (Fsp3) is 0. The highest BCUT2D eigenvalue weighted by Gasteiger charge is 2.22. The quantitative estimate of drug-likeness (QED) is 0.697. The highest BCUT2D eigenvalue weighted by Crippen LogP contribution is 2.19. The SMILES string of the molecule is O=[C]N(n1cccc1)S(=O)(=O)Nc1ccc2cc[nH]c2c1. The fourth-order valence-electron chi connectivity index (χ4n) is 1.97. The van der Waals surface area contributed by atoms with Crippen molar-refractivity contribution in [1.82, 2.24) is 9.66 Å². The number of rotatable bonds is 5. The van der Waals surface area contributed by atoms with Gasteiger partial charge in [0.05, 0.1) is 5.69 Å². The van der Waals surface area contributed by atoms with Crippen LogP contribution in [0.5, 0.6) is 0 Å². The Morgan fingerprint density at radius 3 is 2.67 bits per heavy atom. The van der Waals surface area contributed by atoms with Crippen LogP contribution in [-0.4, -0.2) is 24.5 Å². The van der Waals surface area contributed by atoms with Crippen LogP contribution in [0.25, 0.3) is 10.9 Å². The van der Waals surface area contributed by atoms with Gasteiger partial charge in [0.1, 0.15) is 0 Å². The zero-order chi connectivity index (χ0) is 14.9. The number of nitrogens with one attached hydrogen (secondary N) is 2. The van der Waals surface area contributed by atoms with E-state index >= 15 is 0 Å². The van der Waals surface area contributed by atoms with Gasteiger partial charge in [0.15, 0.2) is 0 Å². The predicted octanol–water partition coefficient (Wildman–Crippen LogP) is 1.33. The summed E-state index contributed by atoms with van der Waals surface area (Å²) < 4.78 is 28.3. The second-order valence-electron chi connectivity index (χ2n) is 4.28. The Bertz CT molecular complexity index is 868. The first-order valence-corrected chi connectivity index (χ1v) is 7.45. The van der Waals surface area contributed by atoms with E-state index in [9.17, 15) is 13.2 Å². The minimum Gasteiger partial charge on any atom is -0.361 e. The van der Waals surface area contributed by atoms with Gasteiger partial charge in [-0.1, -0.05) is 6.07 Å². The summed E-state index contributed by atoms with van der Waals surface area (Å²) in [4.78, 5) is 14.0. The predicted molar refractivity (Wildman–Crippen MR) is 79.2 cm³/mol. The van der Waals surface area contributed by atoms with Crippen LogP contribution in [0.1, 0.15) is 0 Å². The Hall–Kier alpha value is -2.74. The molecule has 0 fully saturated rings. The number of aromatic nitrogens is 2. The largest absolute Gasteiger partial charge is 0.361 e. The van der Waals surface area contributed by atoms with Crippen LogP contribution >= 0.6 is 0 Å². The van der Waals surface area contributed by atoms with E-state index in [1.54, 1.807) is 36.5 Å². The van der Waals surface area contributed by atoms with Crippen molar-refractivity contribution in [3.8, 4) is 0 Å². The van der Waals surface area contributed by atoms with Crippen LogP contribution in [0.4, 0.5) is 5.69 Å². The average molecular weight is 303 g/mol. The number of H-pyrrole nitrogens is 1. The number of aromatic amines is 1. The van der Waals surface area contributed by atoms with Crippen molar-refractivity contribution in [2.75, 3.05) is 9.14 Å². The van der Waals surface area contributed by atoms with Gasteiger partial charge in [-0.2, -0.15) is 8.42 Å². The zero-order valence-electron chi connectivity index (χ0n) is 10.7. The summed E-state index contributed by atoms with van der Waals surface area (Å²) in [5.74, 6) is 0. The van der Waals surface area contributed by atoms with E-state index in [0.717, 1.165) is 15.6 Å². The van der Waals surface area contributed by atoms with Crippen molar-refractivity contribution in [2.45, 2.75) is 0 Å². The highest BCUT2D eigenvalue weighted by molar-refractivity contribution is 7.94. The first-order valence-electron chi connectivity index (χ1n) is 6.01. The Morgan fingerprint density at radius 1 is 1.19 bits per heavy atom. The van der Waals surface area contributed by atoms with Crippen LogP contribution in [-0.2, 0) is 15.0 Å². The molecule has 107 valence electrons. The van der Waals surface area contributed by atoms with Crippen LogP contribution in [0.3, 0.4) is 0 Å². The van der Waals surface area contributed by atoms with Crippen molar-refractivity contribution in [3.63, 3.8) is 0 Å². The molecular formula is C13H11N4O3S. The Balaban J connectivity index is 1.92. The van der Waals surface area contributed by atoms with Gasteiger partial charge >= 0.3 is 16.6 Å². The van der Waals surface area contributed by atoms with Gasteiger partial charge < -0.3 is 4.98 Å². The van der Waals surface area contributed by atoms with E-state index in [-0.39, 0.29) is 0 Å². The van der Waals surface area contributed by atoms with Gasteiger partial charge in [-0.3, -0.25) is 9.52 Å². The Morgan fingerprint density at radius 2 is 1.95 bits per heavy atom. The first-order chi connectivity index (χ1) is 10.1. The molecule has 0 aliphatic heterocycles. The van der Waals surface area contributed by atoms with E-state index in [2.05, 4.69) is 9.71 Å². The molecule has 8 heteroatoms. The molecule has 7 nitrogen and oxygen atoms in total. The van der Waals surface area contributed by atoms with Crippen LogP contribution in [0, 0.1) is 0 Å². The van der Waals surface area contributed by atoms with Gasteiger partial charge in [0.25, 0.3) is 0 Å². The molecule has 0 saturated carbocycles. The molecule has 0 spiro atoms. The molecule has 0 bridgehead atoms. The fourth-order valence-corrected chi connectivity index (χ4v) is 2.94. The molecule has 3 aromatic rings. The monoisotopic (exact) mass is 303 g/mol. The van der Waals surface area contributed by atoms with Gasteiger partial charge in [-0.15, -0.1) is 4.41 Å². The number of fused-ring (bicyclic) bond motifs is 1. The zero-order valence-corrected chi connectivity index (χ0v) is 11.5. The molecule has 0 saturated heterocycles. The molecule has 1 aromatic carbocycles. The van der Waals surface area contributed by atoms with Crippen molar-refractivity contribution in [3.05, 3.63) is 55.0 Å². The highest BCUT2D eigenvalue weighted by atomic mass is 32.2. The van der Waals surface area contributed by atoms with Gasteiger partial charge in [0, 0.05) is 24.1 Å². The number of anilines is 1. The summed E-state index contributed by atoms with van der Waals surface area (Å²) >= 11 is 0. The standard InChI is InChI=1S/C13H11N4O3S/c18-10-17(16-7-1-2-8-16)21(19,20)15-12-4-3-11-5-6-14-13(11)9-12/h1-9,14-15H. The smallest absolute Gasteiger partial charge is 0.349 e. The third-order valence-electron chi connectivity index (χ3n) is 2.91. The summed E-state index contributed by atoms with van der Waals surface area (Å²) in [6, 6.07) is 10.1. The summed E-state index contributed by atoms with van der Waals surface area (Å²) in [6.45, 7) is 0. The minimum absolute atomic E-state index is 0.345. The summed E-state index contributed by atoms with van der Waals surface area (Å²) in [5.41, 5.74) is 1.13. The lowest BCUT2D eigenvalue weighted by Gasteiger charge is -2.18. The van der Waals surface area contributed by atoms with E-state index in [4.69, 9.17) is 0 Å². The maximum atomic E-state index is 12.2. The maximum Gasteiger partial charge on any atom is 0.349 e. The van der Waals surface area contributed by atoms with Crippen molar-refractivity contribution in [2.24, 2.45) is 0 Å². The average Bonchev–Trinajstić information content (AvgIpc) is 3.08. The molecule has 0 atom stereocenters. The summed E-state index contributed by atoms with van der Waals surface area (Å²) in [6.07, 6.45) is 6.00. The second-order valence-corrected chi connectivity index (χ2v) is 5.78. The number of carbonyl (C=O) groups excluding carboxylic acids is 1. The van der Waals surface area contributed by atoms with E-state index in [0.29, 0.717) is 10.1 Å². The van der Waals surface area contributed by atoms with Gasteiger partial charge in [-0.25, -0.2) is 4.68 Å². The topological polar surface area (TPSA) is 87.2 Å². The van der Waals surface area contributed by atoms with Crippen LogP contribution in [0.2, 0.25) is 0 Å². The molecule has 3 rings (SSSR count). The third kappa shape index (κ3) is 2.48. The van der Waals surface area contributed by atoms with E-state index in [1.807, 2.05) is 6.07 Å². The summed E-state index contributed by atoms with van der Waals surface area (Å²) in [5, 5.41) is 0.960. The van der Waals surface area contributed by atoms with E-state index < -0.39 is 10.2 Å².